The van der Waals surface area contributed by atoms with Gasteiger partial charge in [-0.2, -0.15) is 0 Å². The quantitative estimate of drug-likeness (QED) is 0.268. The molecule has 2 atom stereocenters. The highest BCUT2D eigenvalue weighted by Crippen LogP contribution is 2.12. The third kappa shape index (κ3) is 8.03. The number of nitrogens with zero attached hydrogens (tertiary/aromatic N) is 1. The maximum Gasteiger partial charge on any atom is 0.413 e. The number of ether oxygens (including phenoxy) is 1. The van der Waals surface area contributed by atoms with Crippen molar-refractivity contribution in [1.29, 1.82) is 0 Å². The minimum Gasteiger partial charge on any atom is -0.480 e. The predicted molar refractivity (Wildman–Crippen MR) is 112 cm³/mol. The van der Waals surface area contributed by atoms with Crippen LogP contribution in [-0.2, 0) is 9.59 Å². The standard InChI is InChI=1S/C16H20I2N2O6/c17-6-8-20(9-7-18)13(15(23)24)10-12(14(21)22)19-16(25)26-11-4-2-1-3-5-11/h1-5,12-13H,6-10H2,(H,19,25)(H,21,22)(H,23,24)/t12-,13?/m0/s1. The Hall–Kier alpha value is -1.15. The molecule has 0 fully saturated rings. The van der Waals surface area contributed by atoms with Crippen LogP contribution in [-0.4, -0.2) is 67.2 Å². The van der Waals surface area contributed by atoms with E-state index in [9.17, 15) is 24.6 Å². The van der Waals surface area contributed by atoms with Gasteiger partial charge in [-0.1, -0.05) is 63.4 Å². The maximum atomic E-state index is 11.9. The van der Waals surface area contributed by atoms with Crippen molar-refractivity contribution in [1.82, 2.24) is 10.2 Å². The zero-order valence-electron chi connectivity index (χ0n) is 13.8. The molecule has 1 amide bonds. The van der Waals surface area contributed by atoms with Gasteiger partial charge in [-0.3, -0.25) is 9.69 Å². The molecule has 0 radical (unpaired) electrons. The van der Waals surface area contributed by atoms with Crippen molar-refractivity contribution in [3.8, 4) is 5.75 Å². The molecule has 0 saturated carbocycles. The van der Waals surface area contributed by atoms with Crippen LogP contribution in [0.1, 0.15) is 6.42 Å². The fraction of sp³-hybridized carbons (Fsp3) is 0.438. The van der Waals surface area contributed by atoms with Crippen molar-refractivity contribution in [3.05, 3.63) is 30.3 Å². The fourth-order valence-corrected chi connectivity index (χ4v) is 3.50. The molecule has 1 unspecified atom stereocenters. The summed E-state index contributed by atoms with van der Waals surface area (Å²) in [5.74, 6) is -2.17. The number of carboxylic acids is 2. The van der Waals surface area contributed by atoms with Gasteiger partial charge < -0.3 is 20.3 Å². The molecule has 144 valence electrons. The molecule has 8 nitrogen and oxygen atoms in total. The van der Waals surface area contributed by atoms with Gasteiger partial charge in [0.2, 0.25) is 0 Å². The van der Waals surface area contributed by atoms with Crippen molar-refractivity contribution in [2.45, 2.75) is 18.5 Å². The normalized spacial score (nSPS) is 13.0. The van der Waals surface area contributed by atoms with Crippen LogP contribution in [0.4, 0.5) is 4.79 Å². The Labute approximate surface area is 178 Å². The van der Waals surface area contributed by atoms with E-state index in [4.69, 9.17) is 4.74 Å². The molecule has 3 N–H and O–H groups in total. The first-order valence-corrected chi connectivity index (χ1v) is 10.8. The number of hydrogen-bond donors (Lipinski definition) is 3. The average molecular weight is 590 g/mol. The van der Waals surface area contributed by atoms with Crippen LogP contribution in [0.2, 0.25) is 0 Å². The number of rotatable bonds is 11. The molecular weight excluding hydrogens is 570 g/mol. The highest BCUT2D eigenvalue weighted by Gasteiger charge is 2.32. The second kappa shape index (κ2) is 12.3. The Morgan fingerprint density at radius 2 is 1.62 bits per heavy atom. The summed E-state index contributed by atoms with van der Waals surface area (Å²) in [5.41, 5.74) is 0. The van der Waals surface area contributed by atoms with Crippen molar-refractivity contribution in [2.75, 3.05) is 21.9 Å². The first-order chi connectivity index (χ1) is 12.4. The zero-order valence-corrected chi connectivity index (χ0v) is 18.1. The zero-order chi connectivity index (χ0) is 19.5. The van der Waals surface area contributed by atoms with E-state index in [2.05, 4.69) is 50.5 Å². The molecular formula is C16H20I2N2O6. The molecule has 1 rings (SSSR count). The molecule has 1 aromatic carbocycles. The summed E-state index contributed by atoms with van der Waals surface area (Å²) in [5, 5.41) is 21.1. The van der Waals surface area contributed by atoms with Crippen molar-refractivity contribution < 1.29 is 29.3 Å². The molecule has 0 saturated heterocycles. The largest absolute Gasteiger partial charge is 0.480 e. The first-order valence-electron chi connectivity index (χ1n) is 7.74. The summed E-state index contributed by atoms with van der Waals surface area (Å²) in [6.07, 6.45) is -1.20. The summed E-state index contributed by atoms with van der Waals surface area (Å²) in [7, 11) is 0. The molecule has 0 bridgehead atoms. The molecule has 0 aliphatic rings. The second-order valence-corrected chi connectivity index (χ2v) is 7.40. The van der Waals surface area contributed by atoms with E-state index in [1.165, 1.54) is 0 Å². The number of halogens is 2. The number of carbonyl (C=O) groups excluding carboxylic acids is 1. The third-order valence-corrected chi connectivity index (χ3v) is 4.44. The maximum absolute atomic E-state index is 11.9. The summed E-state index contributed by atoms with van der Waals surface area (Å²) in [6.45, 7) is 1.03. The Kier molecular flexibility index (Phi) is 10.8. The van der Waals surface area contributed by atoms with Gasteiger partial charge in [0.25, 0.3) is 0 Å². The molecule has 0 aliphatic carbocycles. The van der Waals surface area contributed by atoms with Gasteiger partial charge in [-0.25, -0.2) is 9.59 Å². The number of hydrogen-bond acceptors (Lipinski definition) is 5. The lowest BCUT2D eigenvalue weighted by molar-refractivity contribution is -0.145. The average Bonchev–Trinajstić information content (AvgIpc) is 2.58. The highest BCUT2D eigenvalue weighted by atomic mass is 127. The van der Waals surface area contributed by atoms with Gasteiger partial charge in [-0.15, -0.1) is 0 Å². The minimum atomic E-state index is -1.38. The fourth-order valence-electron chi connectivity index (χ4n) is 2.26. The number of aliphatic carboxylic acids is 2. The Balaban J connectivity index is 2.81. The second-order valence-electron chi connectivity index (χ2n) is 5.24. The molecule has 1 aromatic rings. The molecule has 0 spiro atoms. The molecule has 0 heterocycles. The van der Waals surface area contributed by atoms with Crippen LogP contribution in [0.15, 0.2) is 30.3 Å². The molecule has 26 heavy (non-hydrogen) atoms. The number of benzene rings is 1. The number of carboxylic acid groups (broad SMARTS) is 2. The Bertz CT molecular complexity index is 596. The molecule has 0 aromatic heterocycles. The lowest BCUT2D eigenvalue weighted by Gasteiger charge is -2.29. The first kappa shape index (κ1) is 22.9. The summed E-state index contributed by atoms with van der Waals surface area (Å²) in [4.78, 5) is 36.8. The van der Waals surface area contributed by atoms with Crippen LogP contribution < -0.4 is 10.1 Å². The van der Waals surface area contributed by atoms with E-state index in [-0.39, 0.29) is 12.2 Å². The molecule has 0 aliphatic heterocycles. The van der Waals surface area contributed by atoms with E-state index >= 15 is 0 Å². The third-order valence-electron chi connectivity index (χ3n) is 3.47. The van der Waals surface area contributed by atoms with Crippen LogP contribution in [0.3, 0.4) is 0 Å². The Morgan fingerprint density at radius 3 is 2.08 bits per heavy atom. The van der Waals surface area contributed by atoms with Gasteiger partial charge in [-0.05, 0) is 12.1 Å². The molecule has 10 heteroatoms. The number of amides is 1. The number of nitrogens with one attached hydrogen (secondary N) is 1. The minimum absolute atomic E-state index is 0.262. The lowest BCUT2D eigenvalue weighted by atomic mass is 10.1. The van der Waals surface area contributed by atoms with Gasteiger partial charge in [0.05, 0.1) is 0 Å². The predicted octanol–water partition coefficient (Wildman–Crippen LogP) is 2.24. The van der Waals surface area contributed by atoms with E-state index in [1.807, 2.05) is 0 Å². The summed E-state index contributed by atoms with van der Waals surface area (Å²) < 4.78 is 6.43. The highest BCUT2D eigenvalue weighted by molar-refractivity contribution is 14.1. The van der Waals surface area contributed by atoms with Crippen LogP contribution in [0, 0.1) is 0 Å². The number of para-hydroxylation sites is 1. The van der Waals surface area contributed by atoms with E-state index in [1.54, 1.807) is 35.2 Å². The Morgan fingerprint density at radius 1 is 1.04 bits per heavy atom. The van der Waals surface area contributed by atoms with Crippen LogP contribution in [0.5, 0.6) is 5.75 Å². The van der Waals surface area contributed by atoms with Crippen LogP contribution in [0.25, 0.3) is 0 Å². The van der Waals surface area contributed by atoms with Crippen molar-refractivity contribution >= 4 is 63.2 Å². The van der Waals surface area contributed by atoms with Gasteiger partial charge in [0, 0.05) is 28.4 Å². The van der Waals surface area contributed by atoms with Crippen LogP contribution >= 0.6 is 45.2 Å². The van der Waals surface area contributed by atoms with Gasteiger partial charge >= 0.3 is 18.0 Å². The van der Waals surface area contributed by atoms with E-state index in [0.29, 0.717) is 21.9 Å². The van der Waals surface area contributed by atoms with E-state index < -0.39 is 30.1 Å². The number of carbonyl (C=O) groups is 3. The summed E-state index contributed by atoms with van der Waals surface area (Å²) in [6, 6.07) is 5.80. The monoisotopic (exact) mass is 590 g/mol. The van der Waals surface area contributed by atoms with E-state index in [0.717, 1.165) is 0 Å². The topological polar surface area (TPSA) is 116 Å². The van der Waals surface area contributed by atoms with Crippen molar-refractivity contribution in [2.24, 2.45) is 0 Å². The van der Waals surface area contributed by atoms with Crippen molar-refractivity contribution in [3.63, 3.8) is 0 Å². The summed E-state index contributed by atoms with van der Waals surface area (Å²) >= 11 is 4.27. The SMILES string of the molecule is O=C(N[C@@H](CC(C(=O)O)N(CCI)CCI)C(=O)O)Oc1ccccc1. The van der Waals surface area contributed by atoms with Gasteiger partial charge in [0.15, 0.2) is 0 Å². The smallest absolute Gasteiger partial charge is 0.413 e. The van der Waals surface area contributed by atoms with Gasteiger partial charge in [0.1, 0.15) is 17.8 Å². The lowest BCUT2D eigenvalue weighted by Crippen LogP contribution is -2.51. The number of alkyl halides is 2.